The van der Waals surface area contributed by atoms with Crippen molar-refractivity contribution in [3.05, 3.63) is 11.6 Å². The quantitative estimate of drug-likeness (QED) is 0.103. The van der Waals surface area contributed by atoms with Gasteiger partial charge in [-0.25, -0.2) is 4.79 Å². The van der Waals surface area contributed by atoms with Gasteiger partial charge in [0.25, 0.3) is 0 Å². The first-order valence-corrected chi connectivity index (χ1v) is 17.1. The maximum atomic E-state index is 11.6. The molecule has 0 radical (unpaired) electrons. The molecule has 0 saturated carbocycles. The molecule has 0 aromatic carbocycles. The lowest BCUT2D eigenvalue weighted by Crippen LogP contribution is -2.33. The van der Waals surface area contributed by atoms with Gasteiger partial charge in [0, 0.05) is 5.57 Å². The van der Waals surface area contributed by atoms with Crippen LogP contribution in [0.5, 0.6) is 0 Å². The van der Waals surface area contributed by atoms with Crippen LogP contribution < -0.4 is 0 Å². The highest BCUT2D eigenvalue weighted by Crippen LogP contribution is 2.34. The highest BCUT2D eigenvalue weighted by atomic mass is 16.6. The Morgan fingerprint density at radius 1 is 0.700 bits per heavy atom. The summed E-state index contributed by atoms with van der Waals surface area (Å²) < 4.78 is 17.7. The third-order valence-corrected chi connectivity index (χ3v) is 9.23. The van der Waals surface area contributed by atoms with Crippen LogP contribution in [-0.2, 0) is 19.0 Å². The van der Waals surface area contributed by atoms with E-state index in [9.17, 15) is 15.0 Å². The zero-order valence-electron chi connectivity index (χ0n) is 25.7. The molecule has 0 spiro atoms. The maximum absolute atomic E-state index is 11.6. The maximum Gasteiger partial charge on any atom is 0.334 e. The van der Waals surface area contributed by atoms with Gasteiger partial charge in [-0.1, -0.05) is 96.8 Å². The van der Waals surface area contributed by atoms with Gasteiger partial charge >= 0.3 is 5.97 Å². The number of carbonyl (C=O) groups excluding carboxylic acids is 1. The molecular weight excluding hydrogens is 504 g/mol. The third kappa shape index (κ3) is 12.1. The van der Waals surface area contributed by atoms with E-state index in [0.717, 1.165) is 82.6 Å². The van der Waals surface area contributed by atoms with Crippen molar-refractivity contribution in [3.63, 3.8) is 0 Å². The zero-order chi connectivity index (χ0) is 28.6. The van der Waals surface area contributed by atoms with Crippen molar-refractivity contribution in [3.8, 4) is 0 Å². The van der Waals surface area contributed by atoms with Crippen LogP contribution in [0, 0.1) is 0 Å². The Morgan fingerprint density at radius 2 is 1.15 bits per heavy atom. The number of unbranched alkanes of at least 4 members (excludes halogenated alkanes) is 13. The topological polar surface area (TPSA) is 85.2 Å². The Balaban J connectivity index is 1.16. The average molecular weight is 565 g/mol. The summed E-state index contributed by atoms with van der Waals surface area (Å²) in [6.07, 6.45) is 25.6. The van der Waals surface area contributed by atoms with Crippen molar-refractivity contribution in [2.45, 2.75) is 198 Å². The number of cyclic esters (lactones) is 1. The van der Waals surface area contributed by atoms with Crippen molar-refractivity contribution in [1.82, 2.24) is 0 Å². The predicted octanol–water partition coefficient (Wildman–Crippen LogP) is 7.72. The van der Waals surface area contributed by atoms with Gasteiger partial charge in [-0.15, -0.1) is 0 Å². The Kier molecular flexibility index (Phi) is 16.2. The first-order chi connectivity index (χ1) is 19.5. The first-order valence-electron chi connectivity index (χ1n) is 17.1. The molecule has 3 heterocycles. The van der Waals surface area contributed by atoms with E-state index in [1.807, 2.05) is 13.0 Å². The van der Waals surface area contributed by atoms with E-state index in [-0.39, 0.29) is 42.6 Å². The molecule has 2 fully saturated rings. The summed E-state index contributed by atoms with van der Waals surface area (Å²) in [5, 5.41) is 21.4. The van der Waals surface area contributed by atoms with E-state index in [0.29, 0.717) is 0 Å². The largest absolute Gasteiger partial charge is 0.455 e. The van der Waals surface area contributed by atoms with Crippen LogP contribution in [0.2, 0.25) is 0 Å². The van der Waals surface area contributed by atoms with Crippen LogP contribution in [0.25, 0.3) is 0 Å². The van der Waals surface area contributed by atoms with E-state index in [1.165, 1.54) is 64.2 Å². The molecule has 0 amide bonds. The Labute approximate surface area is 244 Å². The minimum Gasteiger partial charge on any atom is -0.455 e. The van der Waals surface area contributed by atoms with Gasteiger partial charge in [0.1, 0.15) is 6.10 Å². The number of ether oxygens (including phenoxy) is 3. The second kappa shape index (κ2) is 19.3. The van der Waals surface area contributed by atoms with Crippen LogP contribution in [0.3, 0.4) is 0 Å². The third-order valence-electron chi connectivity index (χ3n) is 9.23. The zero-order valence-corrected chi connectivity index (χ0v) is 25.7. The molecule has 0 aromatic heterocycles. The Hall–Kier alpha value is -0.950. The molecule has 6 nitrogen and oxygen atoms in total. The van der Waals surface area contributed by atoms with Gasteiger partial charge in [-0.3, -0.25) is 0 Å². The summed E-state index contributed by atoms with van der Waals surface area (Å²) in [6, 6.07) is 0. The summed E-state index contributed by atoms with van der Waals surface area (Å²) in [5.41, 5.74) is 0.851. The normalized spacial score (nSPS) is 28.1. The SMILES string of the molecule is CCCCCCCCCC[C@H](O)[C@H]1CC[C@H]([C@H]2CC[C@H]([C@H](O)CCCCCCCCCC3=C[C@H](C)OC3=O)O2)O1. The molecule has 2 saturated heterocycles. The number of carbonyl (C=O) groups is 1. The Bertz CT molecular complexity index is 723. The molecule has 3 aliphatic rings. The Morgan fingerprint density at radius 3 is 1.60 bits per heavy atom. The molecular formula is C34H60O6. The summed E-state index contributed by atoms with van der Waals surface area (Å²) in [7, 11) is 0. The molecule has 0 unspecified atom stereocenters. The highest BCUT2D eigenvalue weighted by molar-refractivity contribution is 5.90. The highest BCUT2D eigenvalue weighted by Gasteiger charge is 2.40. The molecule has 3 aliphatic heterocycles. The number of esters is 1. The van der Waals surface area contributed by atoms with Gasteiger partial charge in [0.2, 0.25) is 0 Å². The summed E-state index contributed by atoms with van der Waals surface area (Å²) in [6.45, 7) is 4.16. The lowest BCUT2D eigenvalue weighted by atomic mass is 10.0. The lowest BCUT2D eigenvalue weighted by molar-refractivity contribution is -0.139. The molecule has 7 atom stereocenters. The van der Waals surface area contributed by atoms with E-state index < -0.39 is 6.10 Å². The summed E-state index contributed by atoms with van der Waals surface area (Å²) in [4.78, 5) is 11.6. The molecule has 0 aromatic rings. The molecule has 0 bridgehead atoms. The fourth-order valence-corrected chi connectivity index (χ4v) is 6.72. The van der Waals surface area contributed by atoms with Crippen molar-refractivity contribution >= 4 is 5.97 Å². The van der Waals surface area contributed by atoms with Crippen molar-refractivity contribution in [2.75, 3.05) is 0 Å². The summed E-state index contributed by atoms with van der Waals surface area (Å²) in [5.74, 6) is -0.133. The number of hydrogen-bond donors (Lipinski definition) is 2. The van der Waals surface area contributed by atoms with Gasteiger partial charge in [0.05, 0.1) is 36.6 Å². The standard InChI is InChI=1S/C34H60O6/c1-3-4-5-6-7-10-13-16-19-28(35)30-21-23-32(39-30)33-24-22-31(40-33)29(36)20-17-14-11-8-9-12-15-18-27-25-26(2)38-34(27)37/h25-26,28-33,35-36H,3-24H2,1-2H3/t26-,28-,29+,30+,31+,32+,33+/m0/s1. The van der Waals surface area contributed by atoms with Crippen molar-refractivity contribution in [1.29, 1.82) is 0 Å². The van der Waals surface area contributed by atoms with Gasteiger partial charge in [-0.2, -0.15) is 0 Å². The van der Waals surface area contributed by atoms with Crippen LogP contribution in [0.4, 0.5) is 0 Å². The molecule has 3 rings (SSSR count). The monoisotopic (exact) mass is 564 g/mol. The summed E-state index contributed by atoms with van der Waals surface area (Å²) >= 11 is 0. The lowest BCUT2D eigenvalue weighted by Gasteiger charge is -2.24. The molecule has 0 aliphatic carbocycles. The minimum absolute atomic E-state index is 0.0536. The smallest absolute Gasteiger partial charge is 0.334 e. The van der Waals surface area contributed by atoms with Crippen LogP contribution in [0.1, 0.15) is 155 Å². The average Bonchev–Trinajstić information content (AvgIpc) is 3.69. The fourth-order valence-electron chi connectivity index (χ4n) is 6.72. The van der Waals surface area contributed by atoms with Gasteiger partial charge in [0.15, 0.2) is 0 Å². The van der Waals surface area contributed by atoms with Gasteiger partial charge in [-0.05, 0) is 64.4 Å². The first kappa shape index (κ1) is 33.6. The number of rotatable bonds is 22. The minimum atomic E-state index is -0.392. The predicted molar refractivity (Wildman–Crippen MR) is 160 cm³/mol. The van der Waals surface area contributed by atoms with Crippen molar-refractivity contribution < 1.29 is 29.2 Å². The molecule has 40 heavy (non-hydrogen) atoms. The number of hydrogen-bond acceptors (Lipinski definition) is 6. The van der Waals surface area contributed by atoms with Crippen LogP contribution in [0.15, 0.2) is 11.6 Å². The number of aliphatic hydroxyl groups excluding tert-OH is 2. The second-order valence-electron chi connectivity index (χ2n) is 12.8. The van der Waals surface area contributed by atoms with E-state index in [4.69, 9.17) is 14.2 Å². The van der Waals surface area contributed by atoms with Crippen molar-refractivity contribution in [2.24, 2.45) is 0 Å². The molecule has 6 heteroatoms. The van der Waals surface area contributed by atoms with E-state index in [2.05, 4.69) is 6.92 Å². The van der Waals surface area contributed by atoms with E-state index >= 15 is 0 Å². The molecule has 2 N–H and O–H groups in total. The van der Waals surface area contributed by atoms with Crippen LogP contribution >= 0.6 is 0 Å². The molecule has 232 valence electrons. The second-order valence-corrected chi connectivity index (χ2v) is 12.8. The fraction of sp³-hybridized carbons (Fsp3) is 0.912. The number of aliphatic hydroxyl groups is 2. The van der Waals surface area contributed by atoms with Crippen LogP contribution in [-0.4, -0.2) is 58.9 Å². The van der Waals surface area contributed by atoms with E-state index in [1.54, 1.807) is 0 Å². The van der Waals surface area contributed by atoms with Gasteiger partial charge < -0.3 is 24.4 Å².